The Kier molecular flexibility index (Phi) is 3.51. The van der Waals surface area contributed by atoms with Crippen molar-refractivity contribution in [3.05, 3.63) is 0 Å². The molecule has 0 aromatic carbocycles. The number of nitrogens with two attached hydrogens (primary N) is 1. The number of alkyl halides is 2. The highest BCUT2D eigenvalue weighted by atomic mass is 19.3. The fraction of sp³-hybridized carbons (Fsp3) is 1.00. The molecule has 0 bridgehead atoms. The Labute approximate surface area is 85.1 Å². The van der Waals surface area contributed by atoms with Gasteiger partial charge in [0.15, 0.2) is 0 Å². The zero-order valence-electron chi connectivity index (χ0n) is 9.26. The van der Waals surface area contributed by atoms with E-state index in [-0.39, 0.29) is 11.8 Å². The van der Waals surface area contributed by atoms with Crippen LogP contribution in [0.15, 0.2) is 0 Å². The molecular weight excluding hydrogens is 184 g/mol. The minimum Gasteiger partial charge on any atom is -0.320 e. The Balaban J connectivity index is 2.83. The molecule has 0 aromatic heterocycles. The van der Waals surface area contributed by atoms with Crippen molar-refractivity contribution in [2.24, 2.45) is 23.5 Å². The third-order valence-electron chi connectivity index (χ3n) is 3.57. The Hall–Kier alpha value is -0.180. The van der Waals surface area contributed by atoms with Crippen molar-refractivity contribution in [1.82, 2.24) is 0 Å². The van der Waals surface area contributed by atoms with Crippen molar-refractivity contribution in [2.75, 3.05) is 0 Å². The molecule has 2 N–H and O–H groups in total. The summed E-state index contributed by atoms with van der Waals surface area (Å²) < 4.78 is 25.9. The number of hydrogen-bond acceptors (Lipinski definition) is 1. The number of hydrogen-bond donors (Lipinski definition) is 1. The minimum absolute atomic E-state index is 0.0290. The predicted molar refractivity (Wildman–Crippen MR) is 54.3 cm³/mol. The largest absolute Gasteiger partial charge is 0.320 e. The summed E-state index contributed by atoms with van der Waals surface area (Å²) in [4.78, 5) is 0. The minimum atomic E-state index is -2.39. The van der Waals surface area contributed by atoms with E-state index in [2.05, 4.69) is 0 Å². The van der Waals surface area contributed by atoms with E-state index in [0.29, 0.717) is 12.3 Å². The van der Waals surface area contributed by atoms with E-state index in [9.17, 15) is 8.78 Å². The van der Waals surface area contributed by atoms with Gasteiger partial charge in [-0.1, -0.05) is 27.2 Å². The lowest BCUT2D eigenvalue weighted by atomic mass is 9.65. The smallest absolute Gasteiger partial charge is 0.256 e. The van der Waals surface area contributed by atoms with Gasteiger partial charge in [-0.25, -0.2) is 8.78 Å². The third kappa shape index (κ3) is 2.08. The summed E-state index contributed by atoms with van der Waals surface area (Å²) in [5.74, 6) is 0.559. The summed E-state index contributed by atoms with van der Waals surface area (Å²) in [5, 5.41) is 0. The van der Waals surface area contributed by atoms with Gasteiger partial charge in [0.1, 0.15) is 0 Å². The molecule has 1 rings (SSSR count). The van der Waals surface area contributed by atoms with Crippen molar-refractivity contribution < 1.29 is 8.78 Å². The highest BCUT2D eigenvalue weighted by Crippen LogP contribution is 2.42. The van der Waals surface area contributed by atoms with Gasteiger partial charge in [-0.2, -0.15) is 0 Å². The fourth-order valence-corrected chi connectivity index (χ4v) is 2.79. The fourth-order valence-electron chi connectivity index (χ4n) is 2.79. The maximum Gasteiger partial charge on any atom is 0.256 e. The summed E-state index contributed by atoms with van der Waals surface area (Å²) >= 11 is 0. The normalized spacial score (nSPS) is 39.4. The molecule has 84 valence electrons. The lowest BCUT2D eigenvalue weighted by Crippen LogP contribution is -2.58. The molecule has 1 aliphatic rings. The van der Waals surface area contributed by atoms with Gasteiger partial charge >= 0.3 is 0 Å². The van der Waals surface area contributed by atoms with E-state index in [1.54, 1.807) is 0 Å². The highest BCUT2D eigenvalue weighted by molar-refractivity contribution is 4.99. The first-order chi connectivity index (χ1) is 6.38. The molecule has 1 aliphatic carbocycles. The third-order valence-corrected chi connectivity index (χ3v) is 3.57. The second-order valence-electron chi connectivity index (χ2n) is 5.15. The maximum absolute atomic E-state index is 13.0. The van der Waals surface area contributed by atoms with Gasteiger partial charge in [0, 0.05) is 0 Å². The molecule has 14 heavy (non-hydrogen) atoms. The van der Waals surface area contributed by atoms with E-state index in [1.165, 1.54) is 0 Å². The van der Waals surface area contributed by atoms with E-state index in [4.69, 9.17) is 5.73 Å². The molecule has 3 atom stereocenters. The van der Waals surface area contributed by atoms with Crippen molar-refractivity contribution in [3.8, 4) is 0 Å². The van der Waals surface area contributed by atoms with Gasteiger partial charge < -0.3 is 5.73 Å². The summed E-state index contributed by atoms with van der Waals surface area (Å²) in [6, 6.07) is 0. The number of rotatable bonds is 2. The molecule has 0 aromatic rings. The second-order valence-corrected chi connectivity index (χ2v) is 5.15. The van der Waals surface area contributed by atoms with Crippen molar-refractivity contribution in [1.29, 1.82) is 0 Å². The van der Waals surface area contributed by atoms with Crippen molar-refractivity contribution >= 4 is 0 Å². The SMILES string of the molecule is CC1CCC(C(C)C)C(N)(C(F)F)C1. The highest BCUT2D eigenvalue weighted by Gasteiger charge is 2.47. The van der Waals surface area contributed by atoms with Gasteiger partial charge in [-0.05, 0) is 30.6 Å². The Morgan fingerprint density at radius 3 is 2.29 bits per heavy atom. The molecule has 0 saturated heterocycles. The van der Waals surface area contributed by atoms with Gasteiger partial charge in [-0.15, -0.1) is 0 Å². The molecule has 3 heteroatoms. The van der Waals surface area contributed by atoms with E-state index in [1.807, 2.05) is 20.8 Å². The van der Waals surface area contributed by atoms with Crippen LogP contribution in [0.2, 0.25) is 0 Å². The molecule has 3 unspecified atom stereocenters. The second kappa shape index (κ2) is 4.13. The molecule has 0 spiro atoms. The zero-order valence-corrected chi connectivity index (χ0v) is 9.26. The Morgan fingerprint density at radius 2 is 1.86 bits per heavy atom. The van der Waals surface area contributed by atoms with Crippen molar-refractivity contribution in [2.45, 2.75) is 52.0 Å². The maximum atomic E-state index is 13.0. The van der Waals surface area contributed by atoms with E-state index < -0.39 is 12.0 Å². The van der Waals surface area contributed by atoms with Gasteiger partial charge in [0.2, 0.25) is 0 Å². The first-order valence-corrected chi connectivity index (χ1v) is 5.45. The quantitative estimate of drug-likeness (QED) is 0.736. The number of halogens is 2. The topological polar surface area (TPSA) is 26.0 Å². The van der Waals surface area contributed by atoms with Gasteiger partial charge in [0.25, 0.3) is 6.43 Å². The van der Waals surface area contributed by atoms with Crippen LogP contribution in [0, 0.1) is 17.8 Å². The molecular formula is C11H21F2N. The lowest BCUT2D eigenvalue weighted by Gasteiger charge is -2.45. The van der Waals surface area contributed by atoms with Crippen LogP contribution < -0.4 is 5.73 Å². The van der Waals surface area contributed by atoms with Crippen LogP contribution >= 0.6 is 0 Å². The summed E-state index contributed by atoms with van der Waals surface area (Å²) in [5.41, 5.74) is 4.64. The molecule has 1 saturated carbocycles. The van der Waals surface area contributed by atoms with Gasteiger partial charge in [0.05, 0.1) is 5.54 Å². The van der Waals surface area contributed by atoms with Crippen LogP contribution in [-0.4, -0.2) is 12.0 Å². The lowest BCUT2D eigenvalue weighted by molar-refractivity contribution is -0.0319. The molecule has 0 heterocycles. The molecule has 1 fully saturated rings. The predicted octanol–water partition coefficient (Wildman–Crippen LogP) is 3.04. The molecule has 0 aliphatic heterocycles. The standard InChI is InChI=1S/C11H21F2N/c1-7(2)9-5-4-8(3)6-11(9,14)10(12)13/h7-10H,4-6,14H2,1-3H3. The van der Waals surface area contributed by atoms with Crippen LogP contribution in [0.5, 0.6) is 0 Å². The van der Waals surface area contributed by atoms with Gasteiger partial charge in [-0.3, -0.25) is 0 Å². The monoisotopic (exact) mass is 205 g/mol. The summed E-state index contributed by atoms with van der Waals surface area (Å²) in [6.07, 6.45) is -0.0422. The van der Waals surface area contributed by atoms with E-state index in [0.717, 1.165) is 12.8 Å². The van der Waals surface area contributed by atoms with Crippen LogP contribution in [-0.2, 0) is 0 Å². The van der Waals surface area contributed by atoms with Crippen LogP contribution in [0.4, 0.5) is 8.78 Å². The average Bonchev–Trinajstić information content (AvgIpc) is 2.02. The molecule has 0 radical (unpaired) electrons. The van der Waals surface area contributed by atoms with E-state index >= 15 is 0 Å². The van der Waals surface area contributed by atoms with Crippen LogP contribution in [0.3, 0.4) is 0 Å². The Morgan fingerprint density at radius 1 is 1.29 bits per heavy atom. The van der Waals surface area contributed by atoms with Crippen molar-refractivity contribution in [3.63, 3.8) is 0 Å². The average molecular weight is 205 g/mol. The molecule has 1 nitrogen and oxygen atoms in total. The summed E-state index contributed by atoms with van der Waals surface area (Å²) in [7, 11) is 0. The van der Waals surface area contributed by atoms with Crippen LogP contribution in [0.1, 0.15) is 40.0 Å². The summed E-state index contributed by atoms with van der Waals surface area (Å²) in [6.45, 7) is 6.00. The van der Waals surface area contributed by atoms with Crippen LogP contribution in [0.25, 0.3) is 0 Å². The Bertz CT molecular complexity index is 194. The first-order valence-electron chi connectivity index (χ1n) is 5.45. The first kappa shape index (κ1) is 11.9. The zero-order chi connectivity index (χ0) is 10.9. The molecule has 0 amide bonds.